The number of rotatable bonds is 2. The quantitative estimate of drug-likeness (QED) is 0.901. The number of aromatic nitrogens is 1. The molecule has 1 aromatic heterocycles. The van der Waals surface area contributed by atoms with Gasteiger partial charge in [0.05, 0.1) is 18.9 Å². The predicted octanol–water partition coefficient (Wildman–Crippen LogP) is 3.84. The van der Waals surface area contributed by atoms with Crippen molar-refractivity contribution >= 4 is 11.7 Å². The fourth-order valence-corrected chi connectivity index (χ4v) is 2.80. The first-order valence-electron chi connectivity index (χ1n) is 8.42. The van der Waals surface area contributed by atoms with Gasteiger partial charge in [-0.1, -0.05) is 12.1 Å². The Morgan fingerprint density at radius 2 is 2.12 bits per heavy atom. The van der Waals surface area contributed by atoms with Gasteiger partial charge in [-0.05, 0) is 43.5 Å². The van der Waals surface area contributed by atoms with E-state index < -0.39 is 0 Å². The van der Waals surface area contributed by atoms with Crippen molar-refractivity contribution < 1.29 is 13.9 Å². The normalized spacial score (nSPS) is 17.9. The number of benzene rings is 1. The first kappa shape index (κ1) is 17.4. The van der Waals surface area contributed by atoms with Gasteiger partial charge in [0, 0.05) is 30.5 Å². The number of hydrogen-bond acceptors (Lipinski definition) is 3. The maximum absolute atomic E-state index is 13.4. The molecule has 5 nitrogen and oxygen atoms in total. The molecule has 25 heavy (non-hydrogen) atoms. The zero-order valence-corrected chi connectivity index (χ0v) is 14.5. The lowest BCUT2D eigenvalue weighted by atomic mass is 10.0. The van der Waals surface area contributed by atoms with Crippen LogP contribution in [0.2, 0.25) is 0 Å². The van der Waals surface area contributed by atoms with Gasteiger partial charge in [0.15, 0.2) is 0 Å². The zero-order valence-electron chi connectivity index (χ0n) is 14.5. The molecule has 0 aliphatic carbocycles. The average Bonchev–Trinajstić information content (AvgIpc) is 2.81. The van der Waals surface area contributed by atoms with Crippen LogP contribution < -0.4 is 5.32 Å². The van der Waals surface area contributed by atoms with Crippen LogP contribution in [0.5, 0.6) is 0 Å². The molecule has 6 heteroatoms. The number of carbonyl (C=O) groups excluding carboxylic acids is 1. The molecular formula is C19H22FN3O2. The third-order valence-electron chi connectivity index (χ3n) is 4.37. The molecule has 1 aromatic carbocycles. The van der Waals surface area contributed by atoms with Crippen LogP contribution in [0.25, 0.3) is 11.1 Å². The molecule has 1 fully saturated rings. The fraction of sp³-hybridized carbons (Fsp3) is 0.368. The van der Waals surface area contributed by atoms with Gasteiger partial charge in [0.1, 0.15) is 5.82 Å². The standard InChI is InChI=1S/C19H22FN3O2/c1-13-3-4-15(16-9-17(20)12-21-11-16)10-18(13)22-19(24)23-6-5-14(2)25-8-7-23/h3-4,9-12,14H,5-8H2,1-2H3,(H,22,24). The van der Waals surface area contributed by atoms with E-state index in [-0.39, 0.29) is 18.0 Å². The minimum atomic E-state index is -0.387. The van der Waals surface area contributed by atoms with Crippen molar-refractivity contribution in [2.24, 2.45) is 0 Å². The third kappa shape index (κ3) is 4.33. The Morgan fingerprint density at radius 1 is 1.28 bits per heavy atom. The summed E-state index contributed by atoms with van der Waals surface area (Å²) >= 11 is 0. The summed E-state index contributed by atoms with van der Waals surface area (Å²) in [4.78, 5) is 18.2. The molecule has 3 rings (SSSR count). The second-order valence-electron chi connectivity index (χ2n) is 6.31. The monoisotopic (exact) mass is 343 g/mol. The highest BCUT2D eigenvalue weighted by molar-refractivity contribution is 5.91. The van der Waals surface area contributed by atoms with Crippen LogP contribution in [0, 0.1) is 12.7 Å². The first-order valence-corrected chi connectivity index (χ1v) is 8.42. The average molecular weight is 343 g/mol. The SMILES string of the molecule is Cc1ccc(-c2cncc(F)c2)cc1NC(=O)N1CCOC(C)CC1. The van der Waals surface area contributed by atoms with Gasteiger partial charge >= 0.3 is 6.03 Å². The zero-order chi connectivity index (χ0) is 17.8. The molecule has 1 unspecified atom stereocenters. The number of nitrogens with one attached hydrogen (secondary N) is 1. The Morgan fingerprint density at radius 3 is 2.92 bits per heavy atom. The van der Waals surface area contributed by atoms with Crippen LogP contribution in [0.3, 0.4) is 0 Å². The second kappa shape index (κ2) is 7.61. The highest BCUT2D eigenvalue weighted by Crippen LogP contribution is 2.25. The topological polar surface area (TPSA) is 54.5 Å². The number of carbonyl (C=O) groups is 1. The molecule has 2 aromatic rings. The molecule has 1 aliphatic rings. The van der Waals surface area contributed by atoms with Gasteiger partial charge in [-0.25, -0.2) is 9.18 Å². The van der Waals surface area contributed by atoms with Crippen molar-refractivity contribution in [1.29, 1.82) is 0 Å². The van der Waals surface area contributed by atoms with E-state index >= 15 is 0 Å². The van der Waals surface area contributed by atoms with Crippen LogP contribution in [0.4, 0.5) is 14.9 Å². The maximum atomic E-state index is 13.4. The van der Waals surface area contributed by atoms with Gasteiger partial charge in [-0.15, -0.1) is 0 Å². The molecule has 2 heterocycles. The summed E-state index contributed by atoms with van der Waals surface area (Å²) in [7, 11) is 0. The molecule has 0 saturated carbocycles. The number of nitrogens with zero attached hydrogens (tertiary/aromatic N) is 2. The molecule has 0 radical (unpaired) electrons. The predicted molar refractivity (Wildman–Crippen MR) is 95.0 cm³/mol. The number of aryl methyl sites for hydroxylation is 1. The van der Waals surface area contributed by atoms with Crippen molar-refractivity contribution in [3.8, 4) is 11.1 Å². The van der Waals surface area contributed by atoms with Gasteiger partial charge in [0.2, 0.25) is 0 Å². The smallest absolute Gasteiger partial charge is 0.321 e. The van der Waals surface area contributed by atoms with Gasteiger partial charge < -0.3 is 15.0 Å². The Kier molecular flexibility index (Phi) is 5.28. The first-order chi connectivity index (χ1) is 12.0. The highest BCUT2D eigenvalue weighted by atomic mass is 19.1. The largest absolute Gasteiger partial charge is 0.377 e. The summed E-state index contributed by atoms with van der Waals surface area (Å²) in [5, 5.41) is 2.96. The van der Waals surface area contributed by atoms with Crippen molar-refractivity contribution in [3.05, 3.63) is 48.0 Å². The summed E-state index contributed by atoms with van der Waals surface area (Å²) in [5.74, 6) is -0.387. The van der Waals surface area contributed by atoms with Crippen molar-refractivity contribution in [2.75, 3.05) is 25.0 Å². The Balaban J connectivity index is 1.77. The molecule has 1 N–H and O–H groups in total. The number of hydrogen-bond donors (Lipinski definition) is 1. The van der Waals surface area contributed by atoms with E-state index in [9.17, 15) is 9.18 Å². The number of ether oxygens (including phenoxy) is 1. The minimum Gasteiger partial charge on any atom is -0.377 e. The third-order valence-corrected chi connectivity index (χ3v) is 4.37. The van der Waals surface area contributed by atoms with Crippen LogP contribution in [-0.4, -0.2) is 41.7 Å². The summed E-state index contributed by atoms with van der Waals surface area (Å²) in [6.45, 7) is 5.73. The maximum Gasteiger partial charge on any atom is 0.321 e. The van der Waals surface area contributed by atoms with E-state index in [0.717, 1.165) is 17.5 Å². The Labute approximate surface area is 146 Å². The molecule has 1 atom stereocenters. The lowest BCUT2D eigenvalue weighted by molar-refractivity contribution is 0.0761. The van der Waals surface area contributed by atoms with Crippen LogP contribution in [0.1, 0.15) is 18.9 Å². The number of pyridine rings is 1. The van der Waals surface area contributed by atoms with Crippen LogP contribution >= 0.6 is 0 Å². The molecule has 1 saturated heterocycles. The van der Waals surface area contributed by atoms with Crippen molar-refractivity contribution in [2.45, 2.75) is 26.4 Å². The molecule has 132 valence electrons. The number of urea groups is 1. The van der Waals surface area contributed by atoms with Gasteiger partial charge in [0.25, 0.3) is 0 Å². The fourth-order valence-electron chi connectivity index (χ4n) is 2.80. The van der Waals surface area contributed by atoms with E-state index in [4.69, 9.17) is 4.74 Å². The summed E-state index contributed by atoms with van der Waals surface area (Å²) in [5.41, 5.74) is 3.14. The summed E-state index contributed by atoms with van der Waals surface area (Å²) in [6, 6.07) is 6.93. The Bertz CT molecular complexity index is 766. The molecular weight excluding hydrogens is 321 g/mol. The molecule has 2 amide bonds. The van der Waals surface area contributed by atoms with Gasteiger partial charge in [-0.3, -0.25) is 4.98 Å². The van der Waals surface area contributed by atoms with Gasteiger partial charge in [-0.2, -0.15) is 0 Å². The number of anilines is 1. The summed E-state index contributed by atoms with van der Waals surface area (Å²) < 4.78 is 19.0. The number of amides is 2. The van der Waals surface area contributed by atoms with Crippen molar-refractivity contribution in [3.63, 3.8) is 0 Å². The lowest BCUT2D eigenvalue weighted by Crippen LogP contribution is -2.36. The van der Waals surface area contributed by atoms with E-state index in [1.165, 1.54) is 12.3 Å². The lowest BCUT2D eigenvalue weighted by Gasteiger charge is -2.21. The molecule has 1 aliphatic heterocycles. The van der Waals surface area contributed by atoms with Crippen LogP contribution in [0.15, 0.2) is 36.7 Å². The van der Waals surface area contributed by atoms with E-state index in [1.54, 1.807) is 11.1 Å². The summed E-state index contributed by atoms with van der Waals surface area (Å²) in [6.07, 6.45) is 3.76. The van der Waals surface area contributed by atoms with Crippen LogP contribution in [-0.2, 0) is 4.74 Å². The number of halogens is 1. The highest BCUT2D eigenvalue weighted by Gasteiger charge is 2.19. The van der Waals surface area contributed by atoms with E-state index in [0.29, 0.717) is 30.9 Å². The van der Waals surface area contributed by atoms with E-state index in [2.05, 4.69) is 10.3 Å². The second-order valence-corrected chi connectivity index (χ2v) is 6.31. The molecule has 0 spiro atoms. The minimum absolute atomic E-state index is 0.143. The van der Waals surface area contributed by atoms with E-state index in [1.807, 2.05) is 32.0 Å². The Hall–Kier alpha value is -2.47. The molecule has 0 bridgehead atoms. The van der Waals surface area contributed by atoms with Crippen molar-refractivity contribution in [1.82, 2.24) is 9.88 Å².